The van der Waals surface area contributed by atoms with Crippen LogP contribution >= 0.6 is 23.2 Å². The number of nitrogens with zero attached hydrogens (tertiary/aromatic N) is 2. The number of halogens is 2. The summed E-state index contributed by atoms with van der Waals surface area (Å²) in [6.45, 7) is 1.86. The Kier molecular flexibility index (Phi) is 2.99. The number of nitrogens with two attached hydrogens (primary N) is 1. The summed E-state index contributed by atoms with van der Waals surface area (Å²) in [6.07, 6.45) is 1.43. The van der Waals surface area contributed by atoms with Gasteiger partial charge >= 0.3 is 0 Å². The first-order valence-electron chi connectivity index (χ1n) is 4.62. The number of benzene rings is 1. The molecular formula is C11H9Cl2N3. The van der Waals surface area contributed by atoms with Gasteiger partial charge in [-0.15, -0.1) is 0 Å². The number of anilines is 1. The van der Waals surface area contributed by atoms with E-state index in [4.69, 9.17) is 28.9 Å². The van der Waals surface area contributed by atoms with Gasteiger partial charge in [0.15, 0.2) is 0 Å². The van der Waals surface area contributed by atoms with E-state index in [0.29, 0.717) is 15.9 Å². The summed E-state index contributed by atoms with van der Waals surface area (Å²) >= 11 is 11.9. The van der Waals surface area contributed by atoms with Crippen molar-refractivity contribution in [2.75, 3.05) is 5.73 Å². The molecule has 3 nitrogen and oxygen atoms in total. The molecule has 0 unspecified atom stereocenters. The molecule has 0 atom stereocenters. The van der Waals surface area contributed by atoms with Gasteiger partial charge in [0.25, 0.3) is 0 Å². The van der Waals surface area contributed by atoms with Crippen LogP contribution < -0.4 is 5.73 Å². The summed E-state index contributed by atoms with van der Waals surface area (Å²) in [5, 5.41) is 1.12. The SMILES string of the molecule is Cc1ncnc(N)c1-c1ccc(Cl)cc1Cl. The molecule has 82 valence electrons. The van der Waals surface area contributed by atoms with Gasteiger partial charge in [0.1, 0.15) is 12.1 Å². The third-order valence-electron chi connectivity index (χ3n) is 2.27. The third kappa shape index (κ3) is 1.96. The first-order chi connectivity index (χ1) is 7.59. The van der Waals surface area contributed by atoms with Crippen molar-refractivity contribution in [3.63, 3.8) is 0 Å². The van der Waals surface area contributed by atoms with E-state index in [1.807, 2.05) is 13.0 Å². The predicted molar refractivity (Wildman–Crippen MR) is 66.6 cm³/mol. The normalized spacial score (nSPS) is 10.4. The average Bonchev–Trinajstić information content (AvgIpc) is 2.20. The van der Waals surface area contributed by atoms with Crippen LogP contribution in [0.2, 0.25) is 10.0 Å². The highest BCUT2D eigenvalue weighted by Gasteiger charge is 2.11. The second-order valence-electron chi connectivity index (χ2n) is 3.34. The molecule has 5 heteroatoms. The van der Waals surface area contributed by atoms with Crippen LogP contribution in [-0.4, -0.2) is 9.97 Å². The van der Waals surface area contributed by atoms with Gasteiger partial charge in [-0.2, -0.15) is 0 Å². The summed E-state index contributed by atoms with van der Waals surface area (Å²) in [7, 11) is 0. The molecule has 2 N–H and O–H groups in total. The van der Waals surface area contributed by atoms with Crippen LogP contribution in [0.5, 0.6) is 0 Å². The fourth-order valence-corrected chi connectivity index (χ4v) is 2.02. The molecule has 0 spiro atoms. The highest BCUT2D eigenvalue weighted by atomic mass is 35.5. The smallest absolute Gasteiger partial charge is 0.135 e. The number of nitrogen functional groups attached to an aromatic ring is 1. The van der Waals surface area contributed by atoms with Crippen LogP contribution in [0.3, 0.4) is 0 Å². The van der Waals surface area contributed by atoms with Crippen LogP contribution in [0.25, 0.3) is 11.1 Å². The summed E-state index contributed by atoms with van der Waals surface area (Å²) in [5.74, 6) is 0.414. The molecule has 2 rings (SSSR count). The van der Waals surface area contributed by atoms with Gasteiger partial charge in [-0.25, -0.2) is 9.97 Å². The maximum atomic E-state index is 6.11. The van der Waals surface area contributed by atoms with Crippen molar-refractivity contribution in [2.45, 2.75) is 6.92 Å². The Labute approximate surface area is 103 Å². The topological polar surface area (TPSA) is 51.8 Å². The molecule has 0 aliphatic carbocycles. The van der Waals surface area contributed by atoms with Crippen molar-refractivity contribution >= 4 is 29.0 Å². The van der Waals surface area contributed by atoms with E-state index in [0.717, 1.165) is 16.8 Å². The lowest BCUT2D eigenvalue weighted by Gasteiger charge is -2.09. The Morgan fingerprint density at radius 1 is 1.19 bits per heavy atom. The molecule has 0 radical (unpaired) electrons. The fraction of sp³-hybridized carbons (Fsp3) is 0.0909. The Bertz CT molecular complexity index is 520. The van der Waals surface area contributed by atoms with Crippen LogP contribution in [0.15, 0.2) is 24.5 Å². The van der Waals surface area contributed by atoms with E-state index in [1.165, 1.54) is 6.33 Å². The Hall–Kier alpha value is -1.32. The summed E-state index contributed by atoms with van der Waals surface area (Å²) in [4.78, 5) is 8.05. The monoisotopic (exact) mass is 253 g/mol. The first kappa shape index (κ1) is 11.2. The number of rotatable bonds is 1. The van der Waals surface area contributed by atoms with Crippen LogP contribution in [0.1, 0.15) is 5.69 Å². The number of aryl methyl sites for hydroxylation is 1. The fourth-order valence-electron chi connectivity index (χ4n) is 1.52. The molecule has 2 aromatic rings. The van der Waals surface area contributed by atoms with Gasteiger partial charge in [-0.1, -0.05) is 29.3 Å². The Morgan fingerprint density at radius 2 is 1.94 bits per heavy atom. The van der Waals surface area contributed by atoms with E-state index in [-0.39, 0.29) is 0 Å². The minimum Gasteiger partial charge on any atom is -0.383 e. The van der Waals surface area contributed by atoms with Crippen molar-refractivity contribution in [3.8, 4) is 11.1 Å². The lowest BCUT2D eigenvalue weighted by atomic mass is 10.1. The van der Waals surface area contributed by atoms with E-state index in [2.05, 4.69) is 9.97 Å². The van der Waals surface area contributed by atoms with Crippen molar-refractivity contribution in [1.82, 2.24) is 9.97 Å². The first-order valence-corrected chi connectivity index (χ1v) is 5.37. The summed E-state index contributed by atoms with van der Waals surface area (Å²) in [6, 6.07) is 5.24. The lowest BCUT2D eigenvalue weighted by molar-refractivity contribution is 1.11. The molecule has 1 aromatic carbocycles. The van der Waals surface area contributed by atoms with Crippen molar-refractivity contribution in [1.29, 1.82) is 0 Å². The van der Waals surface area contributed by atoms with Gasteiger partial charge < -0.3 is 5.73 Å². The molecule has 0 fully saturated rings. The number of aromatic nitrogens is 2. The van der Waals surface area contributed by atoms with Gasteiger partial charge in [-0.05, 0) is 19.1 Å². The van der Waals surface area contributed by atoms with Crippen LogP contribution in [-0.2, 0) is 0 Å². The molecule has 0 aliphatic heterocycles. The highest BCUT2D eigenvalue weighted by molar-refractivity contribution is 6.36. The van der Waals surface area contributed by atoms with E-state index in [1.54, 1.807) is 12.1 Å². The van der Waals surface area contributed by atoms with Gasteiger partial charge in [0.05, 0.1) is 10.7 Å². The van der Waals surface area contributed by atoms with Crippen LogP contribution in [0, 0.1) is 6.92 Å². The Balaban J connectivity index is 2.68. The molecule has 1 heterocycles. The van der Waals surface area contributed by atoms with Gasteiger partial charge in [0, 0.05) is 16.1 Å². The second kappa shape index (κ2) is 4.28. The molecule has 16 heavy (non-hydrogen) atoms. The van der Waals surface area contributed by atoms with E-state index >= 15 is 0 Å². The zero-order valence-electron chi connectivity index (χ0n) is 8.54. The van der Waals surface area contributed by atoms with E-state index < -0.39 is 0 Å². The maximum Gasteiger partial charge on any atom is 0.135 e. The highest BCUT2D eigenvalue weighted by Crippen LogP contribution is 2.34. The Morgan fingerprint density at radius 3 is 2.56 bits per heavy atom. The average molecular weight is 254 g/mol. The molecule has 0 aliphatic rings. The molecule has 1 aromatic heterocycles. The minimum atomic E-state index is 0.414. The van der Waals surface area contributed by atoms with E-state index in [9.17, 15) is 0 Å². The standard InChI is InChI=1S/C11H9Cl2N3/c1-6-10(11(14)16-5-15-6)8-3-2-7(12)4-9(8)13/h2-5H,1H3,(H2,14,15,16). The van der Waals surface area contributed by atoms with Gasteiger partial charge in [0.2, 0.25) is 0 Å². The minimum absolute atomic E-state index is 0.414. The lowest BCUT2D eigenvalue weighted by Crippen LogP contribution is -1.98. The molecule has 0 amide bonds. The van der Waals surface area contributed by atoms with Crippen molar-refractivity contribution < 1.29 is 0 Å². The zero-order chi connectivity index (χ0) is 11.7. The summed E-state index contributed by atoms with van der Waals surface area (Å²) in [5.41, 5.74) is 8.15. The third-order valence-corrected chi connectivity index (χ3v) is 2.81. The largest absolute Gasteiger partial charge is 0.383 e. The molecule has 0 saturated carbocycles. The summed E-state index contributed by atoms with van der Waals surface area (Å²) < 4.78 is 0. The van der Waals surface area contributed by atoms with Crippen molar-refractivity contribution in [2.24, 2.45) is 0 Å². The quantitative estimate of drug-likeness (QED) is 0.849. The molecular weight excluding hydrogens is 245 g/mol. The number of hydrogen-bond acceptors (Lipinski definition) is 3. The molecule has 0 bridgehead atoms. The maximum absolute atomic E-state index is 6.11. The van der Waals surface area contributed by atoms with Crippen LogP contribution in [0.4, 0.5) is 5.82 Å². The van der Waals surface area contributed by atoms with Gasteiger partial charge in [-0.3, -0.25) is 0 Å². The predicted octanol–water partition coefficient (Wildman–Crippen LogP) is 3.34. The molecule has 0 saturated heterocycles. The number of hydrogen-bond donors (Lipinski definition) is 1. The zero-order valence-corrected chi connectivity index (χ0v) is 10.0. The second-order valence-corrected chi connectivity index (χ2v) is 4.19. The van der Waals surface area contributed by atoms with Crippen molar-refractivity contribution in [3.05, 3.63) is 40.3 Å².